The third kappa shape index (κ3) is 11.8. The first-order chi connectivity index (χ1) is 8.56. The lowest BCUT2D eigenvalue weighted by atomic mass is 10.1. The lowest BCUT2D eigenvalue weighted by molar-refractivity contribution is -0.121. The van der Waals surface area contributed by atoms with Crippen molar-refractivity contribution in [1.82, 2.24) is 5.32 Å². The predicted molar refractivity (Wildman–Crippen MR) is 80.2 cm³/mol. The van der Waals surface area contributed by atoms with Crippen molar-refractivity contribution in [3.8, 4) is 0 Å². The third-order valence-electron chi connectivity index (χ3n) is 2.56. The number of rotatable bonds is 11. The Morgan fingerprint density at radius 2 is 2.17 bits per heavy atom. The van der Waals surface area contributed by atoms with Gasteiger partial charge in [0.25, 0.3) is 0 Å². The maximum atomic E-state index is 11.4. The van der Waals surface area contributed by atoms with Crippen molar-refractivity contribution in [2.24, 2.45) is 11.7 Å². The molecular formula is C13H27N3OS. The fraction of sp³-hybridized carbons (Fsp3) is 0.846. The van der Waals surface area contributed by atoms with Crippen molar-refractivity contribution in [2.45, 2.75) is 46.0 Å². The molecule has 0 rings (SSSR count). The minimum absolute atomic E-state index is 0.0738. The first-order valence-corrected chi connectivity index (χ1v) is 7.89. The zero-order chi connectivity index (χ0) is 13.8. The fourth-order valence-corrected chi connectivity index (χ4v) is 2.52. The largest absolute Gasteiger partial charge is 0.388 e. The monoisotopic (exact) mass is 273 g/mol. The van der Waals surface area contributed by atoms with E-state index >= 15 is 0 Å². The van der Waals surface area contributed by atoms with E-state index in [4.69, 9.17) is 11.1 Å². The van der Waals surface area contributed by atoms with Crippen LogP contribution in [0.4, 0.5) is 0 Å². The molecule has 0 aromatic carbocycles. The van der Waals surface area contributed by atoms with E-state index in [2.05, 4.69) is 19.2 Å². The van der Waals surface area contributed by atoms with E-state index in [1.54, 1.807) is 0 Å². The van der Waals surface area contributed by atoms with Crippen LogP contribution in [0.3, 0.4) is 0 Å². The van der Waals surface area contributed by atoms with Gasteiger partial charge in [-0.05, 0) is 36.7 Å². The number of hydrogen-bond donors (Lipinski definition) is 3. The molecule has 1 amide bonds. The molecule has 0 aliphatic carbocycles. The molecule has 18 heavy (non-hydrogen) atoms. The van der Waals surface area contributed by atoms with Gasteiger partial charge in [-0.25, -0.2) is 0 Å². The van der Waals surface area contributed by atoms with E-state index in [1.165, 1.54) is 17.9 Å². The molecule has 0 fully saturated rings. The van der Waals surface area contributed by atoms with E-state index in [1.807, 2.05) is 11.8 Å². The van der Waals surface area contributed by atoms with Crippen LogP contribution in [0.2, 0.25) is 0 Å². The molecule has 0 aromatic rings. The van der Waals surface area contributed by atoms with Crippen molar-refractivity contribution in [1.29, 1.82) is 5.41 Å². The van der Waals surface area contributed by atoms with Crippen molar-refractivity contribution < 1.29 is 4.79 Å². The van der Waals surface area contributed by atoms with E-state index in [-0.39, 0.29) is 11.7 Å². The van der Waals surface area contributed by atoms with E-state index < -0.39 is 0 Å². The van der Waals surface area contributed by atoms with Gasteiger partial charge in [-0.3, -0.25) is 10.2 Å². The summed E-state index contributed by atoms with van der Waals surface area (Å²) in [5.74, 6) is 3.28. The number of carbonyl (C=O) groups is 1. The standard InChI is InChI=1S/C13H27N3OS/c1-3-9-18-10-11(2)7-8-16-13(17)6-4-5-12(14)15/h11H,3-10H2,1-2H3,(H3,14,15)(H,16,17). The number of nitrogens with two attached hydrogens (primary N) is 1. The Kier molecular flexibility index (Phi) is 10.9. The van der Waals surface area contributed by atoms with Crippen LogP contribution >= 0.6 is 11.8 Å². The van der Waals surface area contributed by atoms with Crippen LogP contribution in [0.1, 0.15) is 46.0 Å². The highest BCUT2D eigenvalue weighted by Crippen LogP contribution is 2.11. The molecule has 0 spiro atoms. The first kappa shape index (κ1) is 17.3. The lowest BCUT2D eigenvalue weighted by Gasteiger charge is -2.11. The smallest absolute Gasteiger partial charge is 0.220 e. The lowest BCUT2D eigenvalue weighted by Crippen LogP contribution is -2.26. The normalized spacial score (nSPS) is 12.1. The predicted octanol–water partition coefficient (Wildman–Crippen LogP) is 2.38. The molecule has 4 nitrogen and oxygen atoms in total. The van der Waals surface area contributed by atoms with E-state index in [9.17, 15) is 4.79 Å². The molecule has 1 atom stereocenters. The third-order valence-corrected chi connectivity index (χ3v) is 4.06. The second kappa shape index (κ2) is 11.4. The second-order valence-corrected chi connectivity index (χ2v) is 5.85. The number of thioether (sulfide) groups is 1. The van der Waals surface area contributed by atoms with Gasteiger partial charge in [0.15, 0.2) is 0 Å². The average molecular weight is 273 g/mol. The number of hydrogen-bond acceptors (Lipinski definition) is 3. The molecule has 0 radical (unpaired) electrons. The molecule has 0 aliphatic heterocycles. The molecule has 106 valence electrons. The van der Waals surface area contributed by atoms with E-state index in [0.717, 1.165) is 13.0 Å². The van der Waals surface area contributed by atoms with E-state index in [0.29, 0.717) is 25.2 Å². The number of amidine groups is 1. The first-order valence-electron chi connectivity index (χ1n) is 6.73. The van der Waals surface area contributed by atoms with Gasteiger partial charge in [-0.2, -0.15) is 11.8 Å². The van der Waals surface area contributed by atoms with Crippen molar-refractivity contribution >= 4 is 23.5 Å². The van der Waals surface area contributed by atoms with Crippen LogP contribution in [0.25, 0.3) is 0 Å². The van der Waals surface area contributed by atoms with Gasteiger partial charge in [-0.1, -0.05) is 13.8 Å². The summed E-state index contributed by atoms with van der Waals surface area (Å²) in [4.78, 5) is 11.4. The zero-order valence-electron chi connectivity index (χ0n) is 11.6. The maximum absolute atomic E-state index is 11.4. The van der Waals surface area contributed by atoms with Crippen molar-refractivity contribution in [3.63, 3.8) is 0 Å². The Hall–Kier alpha value is -0.710. The Morgan fingerprint density at radius 3 is 2.78 bits per heavy atom. The SMILES string of the molecule is CCCSCC(C)CCNC(=O)CCCC(=N)N. The molecule has 0 saturated heterocycles. The topological polar surface area (TPSA) is 79.0 Å². The minimum atomic E-state index is 0.0738. The highest BCUT2D eigenvalue weighted by molar-refractivity contribution is 7.99. The summed E-state index contributed by atoms with van der Waals surface area (Å²) in [6.07, 6.45) is 3.92. The molecular weight excluding hydrogens is 246 g/mol. The summed E-state index contributed by atoms with van der Waals surface area (Å²) in [5.41, 5.74) is 5.23. The Labute approximate surface area is 115 Å². The van der Waals surface area contributed by atoms with Gasteiger partial charge >= 0.3 is 0 Å². The molecule has 0 saturated carbocycles. The van der Waals surface area contributed by atoms with Crippen LogP contribution in [-0.2, 0) is 4.79 Å². The summed E-state index contributed by atoms with van der Waals surface area (Å²) < 4.78 is 0. The molecule has 1 unspecified atom stereocenters. The second-order valence-electron chi connectivity index (χ2n) is 4.70. The summed E-state index contributed by atoms with van der Waals surface area (Å²) in [7, 11) is 0. The van der Waals surface area contributed by atoms with Crippen LogP contribution in [0, 0.1) is 11.3 Å². The zero-order valence-corrected chi connectivity index (χ0v) is 12.4. The quantitative estimate of drug-likeness (QED) is 0.307. The molecule has 5 heteroatoms. The molecule has 0 heterocycles. The van der Waals surface area contributed by atoms with Gasteiger partial charge < -0.3 is 11.1 Å². The minimum Gasteiger partial charge on any atom is -0.388 e. The molecule has 0 aromatic heterocycles. The molecule has 0 bridgehead atoms. The highest BCUT2D eigenvalue weighted by atomic mass is 32.2. The highest BCUT2D eigenvalue weighted by Gasteiger charge is 2.04. The van der Waals surface area contributed by atoms with Crippen LogP contribution < -0.4 is 11.1 Å². The summed E-state index contributed by atoms with van der Waals surface area (Å²) in [6, 6.07) is 0. The Balaban J connectivity index is 3.41. The van der Waals surface area contributed by atoms with Crippen LogP contribution in [0.15, 0.2) is 0 Å². The van der Waals surface area contributed by atoms with Crippen LogP contribution in [0.5, 0.6) is 0 Å². The maximum Gasteiger partial charge on any atom is 0.220 e. The van der Waals surface area contributed by atoms with Crippen LogP contribution in [-0.4, -0.2) is 29.8 Å². The fourth-order valence-electron chi connectivity index (χ4n) is 1.50. The number of carbonyl (C=O) groups excluding carboxylic acids is 1. The van der Waals surface area contributed by atoms with Gasteiger partial charge in [0.1, 0.15) is 0 Å². The number of nitrogens with one attached hydrogen (secondary N) is 2. The summed E-state index contributed by atoms with van der Waals surface area (Å²) in [5, 5.41) is 9.98. The van der Waals surface area contributed by atoms with Gasteiger partial charge in [-0.15, -0.1) is 0 Å². The average Bonchev–Trinajstić information content (AvgIpc) is 2.29. The summed E-state index contributed by atoms with van der Waals surface area (Å²) >= 11 is 1.99. The summed E-state index contributed by atoms with van der Waals surface area (Å²) in [6.45, 7) is 5.18. The van der Waals surface area contributed by atoms with Crippen molar-refractivity contribution in [3.05, 3.63) is 0 Å². The Bertz CT molecular complexity index is 246. The number of amides is 1. The van der Waals surface area contributed by atoms with Crippen molar-refractivity contribution in [2.75, 3.05) is 18.1 Å². The van der Waals surface area contributed by atoms with Gasteiger partial charge in [0.2, 0.25) is 5.91 Å². The van der Waals surface area contributed by atoms with Gasteiger partial charge in [0.05, 0.1) is 5.84 Å². The Morgan fingerprint density at radius 1 is 1.44 bits per heavy atom. The van der Waals surface area contributed by atoms with Gasteiger partial charge in [0, 0.05) is 19.4 Å². The molecule has 4 N–H and O–H groups in total. The molecule has 0 aliphatic rings.